The third-order valence-electron chi connectivity index (χ3n) is 2.78. The van der Waals surface area contributed by atoms with Crippen molar-refractivity contribution in [3.05, 3.63) is 33.7 Å². The molecule has 0 fully saturated rings. The highest BCUT2D eigenvalue weighted by molar-refractivity contribution is 7.15. The fourth-order valence-corrected chi connectivity index (χ4v) is 2.26. The molecule has 2 aromatic heterocycles. The van der Waals surface area contributed by atoms with E-state index in [1.165, 1.54) is 15.7 Å². The van der Waals surface area contributed by atoms with Crippen molar-refractivity contribution in [2.24, 2.45) is 0 Å². The van der Waals surface area contributed by atoms with Gasteiger partial charge in [-0.15, -0.1) is 11.3 Å². The predicted octanol–water partition coefficient (Wildman–Crippen LogP) is 0.569. The topological polar surface area (TPSA) is 57.8 Å². The molecule has 17 heavy (non-hydrogen) atoms. The summed E-state index contributed by atoms with van der Waals surface area (Å²) in [5.74, 6) is 0. The van der Waals surface area contributed by atoms with Crippen molar-refractivity contribution in [1.29, 1.82) is 0 Å². The van der Waals surface area contributed by atoms with Crippen LogP contribution in [0.3, 0.4) is 0 Å². The fraction of sp³-hybridized carbons (Fsp3) is 0.455. The van der Waals surface area contributed by atoms with Gasteiger partial charge in [0.2, 0.25) is 0 Å². The molecule has 0 amide bonds. The van der Waals surface area contributed by atoms with Crippen LogP contribution in [-0.4, -0.2) is 39.1 Å². The van der Waals surface area contributed by atoms with Gasteiger partial charge in [0.25, 0.3) is 5.56 Å². The van der Waals surface area contributed by atoms with Crippen LogP contribution in [0.1, 0.15) is 12.6 Å². The number of rotatable bonds is 4. The van der Waals surface area contributed by atoms with Crippen molar-refractivity contribution in [2.45, 2.75) is 19.5 Å². The molecule has 0 aromatic carbocycles. The number of thiazole rings is 1. The molecule has 92 valence electrons. The molecule has 2 rings (SSSR count). The van der Waals surface area contributed by atoms with E-state index in [-0.39, 0.29) is 18.2 Å². The Labute approximate surface area is 103 Å². The van der Waals surface area contributed by atoms with Gasteiger partial charge in [-0.2, -0.15) is 0 Å². The summed E-state index contributed by atoms with van der Waals surface area (Å²) in [4.78, 5) is 18.8. The van der Waals surface area contributed by atoms with E-state index in [1.54, 1.807) is 12.3 Å². The third-order valence-corrected chi connectivity index (χ3v) is 3.54. The molecule has 0 saturated carbocycles. The summed E-state index contributed by atoms with van der Waals surface area (Å²) < 4.78 is 1.53. The Kier molecular flexibility index (Phi) is 3.56. The minimum Gasteiger partial charge on any atom is -0.395 e. The first-order valence-electron chi connectivity index (χ1n) is 5.38. The van der Waals surface area contributed by atoms with Gasteiger partial charge in [0.05, 0.1) is 12.3 Å². The maximum atomic E-state index is 11.7. The highest BCUT2D eigenvalue weighted by Gasteiger charge is 2.10. The highest BCUT2D eigenvalue weighted by Crippen LogP contribution is 2.08. The van der Waals surface area contributed by atoms with E-state index < -0.39 is 0 Å². The molecule has 0 aliphatic heterocycles. The molecule has 0 aliphatic carbocycles. The molecule has 0 radical (unpaired) electrons. The number of nitrogens with zero attached hydrogens (tertiary/aromatic N) is 3. The zero-order chi connectivity index (χ0) is 12.4. The van der Waals surface area contributed by atoms with Gasteiger partial charge in [-0.05, 0) is 14.0 Å². The quantitative estimate of drug-likeness (QED) is 0.865. The fourth-order valence-electron chi connectivity index (χ4n) is 1.52. The molecule has 6 heteroatoms. The molecule has 5 nitrogen and oxygen atoms in total. The van der Waals surface area contributed by atoms with Crippen LogP contribution in [0.25, 0.3) is 4.96 Å². The first kappa shape index (κ1) is 12.2. The lowest BCUT2D eigenvalue weighted by atomic mass is 10.3. The molecule has 1 N–H and O–H groups in total. The zero-order valence-corrected chi connectivity index (χ0v) is 10.6. The first-order valence-corrected chi connectivity index (χ1v) is 6.26. The van der Waals surface area contributed by atoms with Gasteiger partial charge in [-0.25, -0.2) is 4.98 Å². The molecule has 0 aliphatic rings. The summed E-state index contributed by atoms with van der Waals surface area (Å²) >= 11 is 1.44. The van der Waals surface area contributed by atoms with Crippen molar-refractivity contribution in [3.8, 4) is 0 Å². The Bertz CT molecular complexity index is 563. The minimum atomic E-state index is -0.0590. The smallest absolute Gasteiger partial charge is 0.258 e. The van der Waals surface area contributed by atoms with Gasteiger partial charge in [0.1, 0.15) is 0 Å². The first-order chi connectivity index (χ1) is 8.11. The third kappa shape index (κ3) is 2.54. The second-order valence-electron chi connectivity index (χ2n) is 4.09. The lowest BCUT2D eigenvalue weighted by Crippen LogP contribution is -2.32. The van der Waals surface area contributed by atoms with Crippen LogP contribution >= 0.6 is 11.3 Å². The molecule has 0 spiro atoms. The Hall–Kier alpha value is -1.24. The lowest BCUT2D eigenvalue weighted by Gasteiger charge is -2.21. The van der Waals surface area contributed by atoms with Crippen LogP contribution in [0.4, 0.5) is 0 Å². The maximum Gasteiger partial charge on any atom is 0.258 e. The number of aliphatic hydroxyl groups is 1. The van der Waals surface area contributed by atoms with E-state index in [0.717, 1.165) is 5.69 Å². The van der Waals surface area contributed by atoms with E-state index in [4.69, 9.17) is 5.11 Å². The molecule has 1 unspecified atom stereocenters. The normalized spacial score (nSPS) is 13.4. The van der Waals surface area contributed by atoms with E-state index in [1.807, 2.05) is 24.3 Å². The highest BCUT2D eigenvalue weighted by atomic mass is 32.1. The Morgan fingerprint density at radius 3 is 3.12 bits per heavy atom. The summed E-state index contributed by atoms with van der Waals surface area (Å²) in [6.07, 6.45) is 1.72. The van der Waals surface area contributed by atoms with Gasteiger partial charge in [-0.1, -0.05) is 0 Å². The standard InChI is InChI=1S/C11H15N3O2S/c1-8(7-15)13(2)6-9-5-10(16)14-3-4-17-11(14)12-9/h3-5,8,15H,6-7H2,1-2H3. The summed E-state index contributed by atoms with van der Waals surface area (Å²) in [5.41, 5.74) is 0.677. The largest absolute Gasteiger partial charge is 0.395 e. The Balaban J connectivity index is 2.27. The van der Waals surface area contributed by atoms with Crippen LogP contribution in [0.5, 0.6) is 0 Å². The molecule has 0 saturated heterocycles. The second-order valence-corrected chi connectivity index (χ2v) is 4.96. The van der Waals surface area contributed by atoms with Gasteiger partial charge in [0.15, 0.2) is 4.96 Å². The summed E-state index contributed by atoms with van der Waals surface area (Å²) in [5, 5.41) is 10.9. The van der Waals surface area contributed by atoms with Crippen LogP contribution in [0.15, 0.2) is 22.4 Å². The monoisotopic (exact) mass is 253 g/mol. The van der Waals surface area contributed by atoms with Crippen LogP contribution in [0, 0.1) is 0 Å². The molecular weight excluding hydrogens is 238 g/mol. The number of hydrogen-bond donors (Lipinski definition) is 1. The molecule has 2 aromatic rings. The van der Waals surface area contributed by atoms with E-state index in [2.05, 4.69) is 4.98 Å². The van der Waals surface area contributed by atoms with Crippen molar-refractivity contribution < 1.29 is 5.11 Å². The van der Waals surface area contributed by atoms with E-state index >= 15 is 0 Å². The minimum absolute atomic E-state index is 0.0542. The summed E-state index contributed by atoms with van der Waals surface area (Å²) in [7, 11) is 1.90. The van der Waals surface area contributed by atoms with E-state index in [9.17, 15) is 4.79 Å². The average molecular weight is 253 g/mol. The van der Waals surface area contributed by atoms with Crippen LogP contribution in [0.2, 0.25) is 0 Å². The molecule has 0 bridgehead atoms. The lowest BCUT2D eigenvalue weighted by molar-refractivity contribution is 0.153. The molecular formula is C11H15N3O2S. The maximum absolute atomic E-state index is 11.7. The Morgan fingerprint density at radius 1 is 1.65 bits per heavy atom. The molecule has 2 heterocycles. The number of aliphatic hydroxyl groups excluding tert-OH is 1. The SMILES string of the molecule is CC(CO)N(C)Cc1cc(=O)n2ccsc2n1. The van der Waals surface area contributed by atoms with Crippen LogP contribution in [-0.2, 0) is 6.54 Å². The predicted molar refractivity (Wildman–Crippen MR) is 67.4 cm³/mol. The number of likely N-dealkylation sites (N-methyl/N-ethyl adjacent to an activating group) is 1. The van der Waals surface area contributed by atoms with Crippen molar-refractivity contribution in [3.63, 3.8) is 0 Å². The van der Waals surface area contributed by atoms with Gasteiger partial charge in [-0.3, -0.25) is 14.1 Å². The molecule has 1 atom stereocenters. The van der Waals surface area contributed by atoms with Crippen LogP contribution < -0.4 is 5.56 Å². The zero-order valence-electron chi connectivity index (χ0n) is 9.83. The van der Waals surface area contributed by atoms with E-state index in [0.29, 0.717) is 11.5 Å². The van der Waals surface area contributed by atoms with Crippen molar-refractivity contribution >= 4 is 16.3 Å². The van der Waals surface area contributed by atoms with Gasteiger partial charge in [0, 0.05) is 30.2 Å². The van der Waals surface area contributed by atoms with Gasteiger partial charge >= 0.3 is 0 Å². The Morgan fingerprint density at radius 2 is 2.41 bits per heavy atom. The number of aromatic nitrogens is 2. The second kappa shape index (κ2) is 4.95. The average Bonchev–Trinajstić information content (AvgIpc) is 2.76. The van der Waals surface area contributed by atoms with Crippen molar-refractivity contribution in [1.82, 2.24) is 14.3 Å². The van der Waals surface area contributed by atoms with Crippen molar-refractivity contribution in [2.75, 3.05) is 13.7 Å². The number of hydrogen-bond acceptors (Lipinski definition) is 5. The summed E-state index contributed by atoms with van der Waals surface area (Å²) in [6, 6.07) is 1.60. The number of fused-ring (bicyclic) bond motifs is 1. The summed E-state index contributed by atoms with van der Waals surface area (Å²) in [6.45, 7) is 2.58. The van der Waals surface area contributed by atoms with Gasteiger partial charge < -0.3 is 5.11 Å².